The second kappa shape index (κ2) is 7.88. The normalized spacial score (nSPS) is 14.4. The molecule has 18 heavy (non-hydrogen) atoms. The van der Waals surface area contributed by atoms with Crippen LogP contribution in [0.1, 0.15) is 13.8 Å². The number of rotatable bonds is 7. The summed E-state index contributed by atoms with van der Waals surface area (Å²) in [5.74, 6) is -1.04. The number of aliphatic hydroxyl groups excluding tert-OH is 1. The van der Waals surface area contributed by atoms with Crippen LogP contribution in [0.15, 0.2) is 0 Å². The second-order valence-corrected chi connectivity index (χ2v) is 4.80. The van der Waals surface area contributed by atoms with Gasteiger partial charge in [0.15, 0.2) is 6.04 Å². The Hall–Kier alpha value is -1.34. The van der Waals surface area contributed by atoms with E-state index in [0.29, 0.717) is 6.54 Å². The van der Waals surface area contributed by atoms with E-state index < -0.39 is 24.6 Å². The molecule has 0 rings (SSSR count). The molecule has 106 valence electrons. The van der Waals surface area contributed by atoms with Crippen LogP contribution in [0.2, 0.25) is 0 Å². The third-order valence-electron chi connectivity index (χ3n) is 2.47. The van der Waals surface area contributed by atoms with Crippen LogP contribution in [0.3, 0.4) is 0 Å². The van der Waals surface area contributed by atoms with E-state index in [4.69, 9.17) is 10.2 Å². The minimum Gasteiger partial charge on any atom is -0.480 e. The van der Waals surface area contributed by atoms with Crippen molar-refractivity contribution in [2.45, 2.75) is 25.9 Å². The fourth-order valence-corrected chi connectivity index (χ4v) is 1.37. The van der Waals surface area contributed by atoms with E-state index in [1.54, 1.807) is 0 Å². The number of nitrogens with zero attached hydrogens (tertiary/aromatic N) is 1. The molecule has 1 unspecified atom stereocenters. The molecule has 0 aromatic rings. The molecule has 7 nitrogen and oxygen atoms in total. The van der Waals surface area contributed by atoms with Gasteiger partial charge in [-0.05, 0) is 20.0 Å². The first-order valence-electron chi connectivity index (χ1n) is 5.83. The average Bonchev–Trinajstić information content (AvgIpc) is 2.23. The summed E-state index contributed by atoms with van der Waals surface area (Å²) in [6.07, 6.45) is 0. The van der Waals surface area contributed by atoms with E-state index in [2.05, 4.69) is 10.6 Å². The molecule has 0 saturated heterocycles. The topological polar surface area (TPSA) is 102 Å². The number of carboxylic acids is 1. The van der Waals surface area contributed by atoms with Crippen LogP contribution in [-0.4, -0.2) is 66.4 Å². The Balaban J connectivity index is 4.37. The molecule has 0 aliphatic heterocycles. The number of hydrogen-bond acceptors (Lipinski definition) is 4. The van der Waals surface area contributed by atoms with E-state index in [0.717, 1.165) is 0 Å². The molecule has 0 aliphatic carbocycles. The number of aliphatic hydroxyl groups is 1. The quantitative estimate of drug-likeness (QED) is 0.486. The average molecular weight is 261 g/mol. The van der Waals surface area contributed by atoms with Crippen molar-refractivity contribution >= 4 is 12.0 Å². The molecular formula is C11H23N3O4. The van der Waals surface area contributed by atoms with Gasteiger partial charge in [-0.2, -0.15) is 0 Å². The summed E-state index contributed by atoms with van der Waals surface area (Å²) in [5.41, 5.74) is 0. The van der Waals surface area contributed by atoms with Gasteiger partial charge in [0.25, 0.3) is 0 Å². The predicted octanol–water partition coefficient (Wildman–Crippen LogP) is -0.683. The molecular weight excluding hydrogens is 238 g/mol. The van der Waals surface area contributed by atoms with Crippen LogP contribution in [0.25, 0.3) is 0 Å². The summed E-state index contributed by atoms with van der Waals surface area (Å²) in [5, 5.41) is 22.4. The number of hydrogen-bond donors (Lipinski definition) is 4. The van der Waals surface area contributed by atoms with Crippen molar-refractivity contribution in [2.75, 3.05) is 27.2 Å². The van der Waals surface area contributed by atoms with Gasteiger partial charge in [0.2, 0.25) is 0 Å². The van der Waals surface area contributed by atoms with Gasteiger partial charge in [-0.25, -0.2) is 9.59 Å². The van der Waals surface area contributed by atoms with Crippen molar-refractivity contribution < 1.29 is 19.8 Å². The number of carbonyl (C=O) groups is 2. The van der Waals surface area contributed by atoms with Gasteiger partial charge in [-0.15, -0.1) is 0 Å². The zero-order chi connectivity index (χ0) is 14.3. The highest BCUT2D eigenvalue weighted by molar-refractivity contribution is 5.82. The van der Waals surface area contributed by atoms with Crippen molar-refractivity contribution in [1.82, 2.24) is 15.5 Å². The van der Waals surface area contributed by atoms with E-state index in [1.165, 1.54) is 0 Å². The third-order valence-corrected chi connectivity index (χ3v) is 2.47. The lowest BCUT2D eigenvalue weighted by Gasteiger charge is -2.26. The van der Waals surface area contributed by atoms with Crippen molar-refractivity contribution in [3.8, 4) is 0 Å². The zero-order valence-electron chi connectivity index (χ0n) is 11.3. The number of amides is 2. The van der Waals surface area contributed by atoms with Crippen LogP contribution < -0.4 is 10.6 Å². The van der Waals surface area contributed by atoms with Crippen molar-refractivity contribution in [1.29, 1.82) is 0 Å². The molecule has 0 fully saturated rings. The Labute approximate surface area is 107 Å². The molecule has 0 bridgehead atoms. The summed E-state index contributed by atoms with van der Waals surface area (Å²) in [6, 6.07) is -1.96. The number of nitrogens with one attached hydrogen (secondary N) is 2. The third kappa shape index (κ3) is 6.41. The fourth-order valence-electron chi connectivity index (χ4n) is 1.37. The van der Waals surface area contributed by atoms with Gasteiger partial charge in [-0.3, -0.25) is 0 Å². The molecule has 2 atom stereocenters. The Kier molecular flexibility index (Phi) is 7.30. The molecule has 0 aromatic carbocycles. The molecule has 0 aromatic heterocycles. The highest BCUT2D eigenvalue weighted by atomic mass is 16.4. The first-order chi connectivity index (χ1) is 8.27. The number of urea groups is 1. The number of likely N-dealkylation sites (N-methyl/N-ethyl adjacent to an activating group) is 1. The number of carbonyl (C=O) groups excluding carboxylic acids is 1. The predicted molar refractivity (Wildman–Crippen MR) is 67.4 cm³/mol. The van der Waals surface area contributed by atoms with Crippen molar-refractivity contribution in [3.63, 3.8) is 0 Å². The molecule has 0 spiro atoms. The molecule has 4 N–H and O–H groups in total. The summed E-state index contributed by atoms with van der Waals surface area (Å²) in [7, 11) is 3.78. The summed E-state index contributed by atoms with van der Waals surface area (Å²) in [4.78, 5) is 24.2. The number of aliphatic carboxylic acids is 1. The standard InChI is InChI=1S/C11H23N3O4/c1-7(2)8(5-14(3)4)12-11(18)13-9(6-15)10(16)17/h7-9,15H,5-6H2,1-4H3,(H,16,17)(H2,12,13,18)/t8?,9-/m1/s1. The van der Waals surface area contributed by atoms with E-state index in [9.17, 15) is 9.59 Å². The summed E-state index contributed by atoms with van der Waals surface area (Å²) < 4.78 is 0. The van der Waals surface area contributed by atoms with E-state index in [1.807, 2.05) is 32.8 Å². The molecule has 7 heteroatoms. The number of carboxylic acid groups (broad SMARTS) is 1. The van der Waals surface area contributed by atoms with Gasteiger partial charge in [-0.1, -0.05) is 13.8 Å². The molecule has 0 aliphatic rings. The maximum Gasteiger partial charge on any atom is 0.328 e. The van der Waals surface area contributed by atoms with Gasteiger partial charge in [0.05, 0.1) is 6.61 Å². The monoisotopic (exact) mass is 261 g/mol. The maximum absolute atomic E-state index is 11.6. The van der Waals surface area contributed by atoms with Crippen LogP contribution in [-0.2, 0) is 4.79 Å². The minimum atomic E-state index is -1.28. The second-order valence-electron chi connectivity index (χ2n) is 4.80. The summed E-state index contributed by atoms with van der Waals surface area (Å²) >= 11 is 0. The van der Waals surface area contributed by atoms with E-state index >= 15 is 0 Å². The Bertz CT molecular complexity index is 281. The van der Waals surface area contributed by atoms with Gasteiger partial charge in [0.1, 0.15) is 0 Å². The maximum atomic E-state index is 11.6. The lowest BCUT2D eigenvalue weighted by Crippen LogP contribution is -2.53. The largest absolute Gasteiger partial charge is 0.480 e. The first-order valence-corrected chi connectivity index (χ1v) is 5.83. The molecule has 2 amide bonds. The Morgan fingerprint density at radius 2 is 1.78 bits per heavy atom. The molecule has 0 saturated carbocycles. The smallest absolute Gasteiger partial charge is 0.328 e. The van der Waals surface area contributed by atoms with Crippen LogP contribution in [0.5, 0.6) is 0 Å². The van der Waals surface area contributed by atoms with Crippen molar-refractivity contribution in [3.05, 3.63) is 0 Å². The van der Waals surface area contributed by atoms with Gasteiger partial charge in [0, 0.05) is 12.6 Å². The van der Waals surface area contributed by atoms with Crippen LogP contribution >= 0.6 is 0 Å². The Morgan fingerprint density at radius 1 is 1.22 bits per heavy atom. The highest BCUT2D eigenvalue weighted by Gasteiger charge is 2.22. The first kappa shape index (κ1) is 16.7. The van der Waals surface area contributed by atoms with E-state index in [-0.39, 0.29) is 12.0 Å². The Morgan fingerprint density at radius 3 is 2.11 bits per heavy atom. The van der Waals surface area contributed by atoms with Crippen molar-refractivity contribution in [2.24, 2.45) is 5.92 Å². The lowest BCUT2D eigenvalue weighted by molar-refractivity contribution is -0.140. The van der Waals surface area contributed by atoms with Crippen LogP contribution in [0, 0.1) is 5.92 Å². The summed E-state index contributed by atoms with van der Waals surface area (Å²) in [6.45, 7) is 3.95. The van der Waals surface area contributed by atoms with Gasteiger partial charge >= 0.3 is 12.0 Å². The zero-order valence-corrected chi connectivity index (χ0v) is 11.3. The SMILES string of the molecule is CC(C)C(CN(C)C)NC(=O)N[C@H](CO)C(=O)O. The highest BCUT2D eigenvalue weighted by Crippen LogP contribution is 2.02. The van der Waals surface area contributed by atoms with Crippen LogP contribution in [0.4, 0.5) is 4.79 Å². The fraction of sp³-hybridized carbons (Fsp3) is 0.818. The molecule has 0 heterocycles. The van der Waals surface area contributed by atoms with Gasteiger partial charge < -0.3 is 25.7 Å². The lowest BCUT2D eigenvalue weighted by atomic mass is 10.0. The minimum absolute atomic E-state index is 0.0897. The molecule has 0 radical (unpaired) electrons.